The van der Waals surface area contributed by atoms with Crippen LogP contribution < -0.4 is 5.48 Å². The van der Waals surface area contributed by atoms with Crippen molar-refractivity contribution in [2.45, 2.75) is 84.0 Å². The second-order valence-electron chi connectivity index (χ2n) is 6.21. The lowest BCUT2D eigenvalue weighted by Crippen LogP contribution is -2.02. The molecule has 1 N–H and O–H groups in total. The van der Waals surface area contributed by atoms with Gasteiger partial charge in [0, 0.05) is 0 Å². The van der Waals surface area contributed by atoms with Gasteiger partial charge in [-0.15, -0.1) is 0 Å². The fraction of sp³-hybridized carbons (Fsp3) is 0.700. The van der Waals surface area contributed by atoms with E-state index in [-0.39, 0.29) is 11.0 Å². The lowest BCUT2D eigenvalue weighted by atomic mass is 10.1. The van der Waals surface area contributed by atoms with E-state index in [4.69, 9.17) is 4.84 Å². The maximum absolute atomic E-state index is 5.46. The standard InChI is InChI=1S/C20H35NO.H4Si/c1-2-3-4-5-6-7-8-9-10-11-12-16-19-22-21-20-17-14-13-15-18-20;/h13-15,17-18,21H,2-12,16,19H2,1H3;1H4. The van der Waals surface area contributed by atoms with Gasteiger partial charge in [-0.2, -0.15) is 0 Å². The van der Waals surface area contributed by atoms with Crippen molar-refractivity contribution >= 4 is 16.7 Å². The second-order valence-corrected chi connectivity index (χ2v) is 6.21. The predicted molar refractivity (Wildman–Crippen MR) is 108 cm³/mol. The predicted octanol–water partition coefficient (Wildman–Crippen LogP) is 5.28. The molecule has 0 radical (unpaired) electrons. The van der Waals surface area contributed by atoms with Gasteiger partial charge in [0.05, 0.1) is 12.3 Å². The molecule has 0 aliphatic carbocycles. The summed E-state index contributed by atoms with van der Waals surface area (Å²) in [5, 5.41) is 0. The van der Waals surface area contributed by atoms with Gasteiger partial charge in [0.2, 0.25) is 0 Å². The molecule has 1 aromatic rings. The van der Waals surface area contributed by atoms with Crippen LogP contribution in [0.25, 0.3) is 0 Å². The molecule has 0 atom stereocenters. The monoisotopic (exact) mass is 337 g/mol. The molecule has 0 saturated carbocycles. The van der Waals surface area contributed by atoms with Crippen LogP contribution >= 0.6 is 0 Å². The van der Waals surface area contributed by atoms with Gasteiger partial charge in [0.15, 0.2) is 0 Å². The third-order valence-corrected chi connectivity index (χ3v) is 4.06. The molecule has 23 heavy (non-hydrogen) atoms. The quantitative estimate of drug-likeness (QED) is 0.267. The van der Waals surface area contributed by atoms with Crippen molar-refractivity contribution in [2.75, 3.05) is 12.1 Å². The number of benzene rings is 1. The van der Waals surface area contributed by atoms with Crippen LogP contribution in [0.3, 0.4) is 0 Å². The van der Waals surface area contributed by atoms with Gasteiger partial charge < -0.3 is 0 Å². The highest BCUT2D eigenvalue weighted by Crippen LogP contribution is 2.12. The molecule has 0 aromatic heterocycles. The molecule has 0 aliphatic rings. The van der Waals surface area contributed by atoms with Crippen LogP contribution in [0.2, 0.25) is 0 Å². The molecular formula is C20H39NOSi. The van der Waals surface area contributed by atoms with Crippen molar-refractivity contribution in [1.82, 2.24) is 0 Å². The van der Waals surface area contributed by atoms with E-state index in [1.54, 1.807) is 0 Å². The minimum atomic E-state index is 0. The number of hydrogen-bond donors (Lipinski definition) is 1. The van der Waals surface area contributed by atoms with E-state index >= 15 is 0 Å². The Morgan fingerprint density at radius 2 is 1.17 bits per heavy atom. The van der Waals surface area contributed by atoms with Crippen LogP contribution in [0.1, 0.15) is 84.0 Å². The van der Waals surface area contributed by atoms with Crippen molar-refractivity contribution < 1.29 is 4.84 Å². The minimum absolute atomic E-state index is 0. The highest BCUT2D eigenvalue weighted by Gasteiger charge is 1.94. The van der Waals surface area contributed by atoms with Crippen molar-refractivity contribution in [3.63, 3.8) is 0 Å². The van der Waals surface area contributed by atoms with Crippen molar-refractivity contribution in [3.05, 3.63) is 30.3 Å². The van der Waals surface area contributed by atoms with Gasteiger partial charge in [-0.1, -0.05) is 95.8 Å². The van der Waals surface area contributed by atoms with Gasteiger partial charge in [0.1, 0.15) is 0 Å². The Balaban J connectivity index is 0.00000484. The summed E-state index contributed by atoms with van der Waals surface area (Å²) in [4.78, 5) is 5.46. The fourth-order valence-electron chi connectivity index (χ4n) is 2.66. The van der Waals surface area contributed by atoms with Crippen LogP contribution in [0.4, 0.5) is 5.69 Å². The van der Waals surface area contributed by atoms with Crippen LogP contribution in [-0.2, 0) is 4.84 Å². The first-order valence-corrected chi connectivity index (χ1v) is 9.36. The summed E-state index contributed by atoms with van der Waals surface area (Å²) in [5.41, 5.74) is 4.01. The van der Waals surface area contributed by atoms with Gasteiger partial charge in [-0.3, -0.25) is 10.3 Å². The summed E-state index contributed by atoms with van der Waals surface area (Å²) in [6.07, 6.45) is 16.6. The zero-order valence-electron chi connectivity index (χ0n) is 14.5. The van der Waals surface area contributed by atoms with Crippen LogP contribution in [-0.4, -0.2) is 17.6 Å². The zero-order chi connectivity index (χ0) is 15.7. The minimum Gasteiger partial charge on any atom is -0.276 e. The normalized spacial score (nSPS) is 10.3. The molecule has 1 rings (SSSR count). The summed E-state index contributed by atoms with van der Waals surface area (Å²) in [7, 11) is 0. The Hall–Kier alpha value is -0.803. The third kappa shape index (κ3) is 14.5. The number of para-hydroxylation sites is 1. The smallest absolute Gasteiger partial charge is 0.0746 e. The van der Waals surface area contributed by atoms with Gasteiger partial charge in [-0.25, -0.2) is 0 Å². The molecule has 0 bridgehead atoms. The molecule has 3 heteroatoms. The molecule has 0 fully saturated rings. The molecule has 134 valence electrons. The molecule has 2 nitrogen and oxygen atoms in total. The maximum atomic E-state index is 5.46. The van der Waals surface area contributed by atoms with E-state index in [0.29, 0.717) is 0 Å². The van der Waals surface area contributed by atoms with Gasteiger partial charge in [-0.05, 0) is 29.5 Å². The molecule has 0 spiro atoms. The third-order valence-electron chi connectivity index (χ3n) is 4.06. The molecule has 0 amide bonds. The lowest BCUT2D eigenvalue weighted by Gasteiger charge is -2.06. The molecule has 0 unspecified atom stereocenters. The van der Waals surface area contributed by atoms with Crippen molar-refractivity contribution in [3.8, 4) is 0 Å². The number of hydrogen-bond acceptors (Lipinski definition) is 2. The molecule has 0 heterocycles. The summed E-state index contributed by atoms with van der Waals surface area (Å²) in [6, 6.07) is 10.1. The average Bonchev–Trinajstić information content (AvgIpc) is 2.56. The lowest BCUT2D eigenvalue weighted by molar-refractivity contribution is 0.187. The number of nitrogens with one attached hydrogen (secondary N) is 1. The van der Waals surface area contributed by atoms with Crippen molar-refractivity contribution in [1.29, 1.82) is 0 Å². The highest BCUT2D eigenvalue weighted by atomic mass is 28.1. The first-order valence-electron chi connectivity index (χ1n) is 9.36. The average molecular weight is 338 g/mol. The molecule has 1 aromatic carbocycles. The van der Waals surface area contributed by atoms with E-state index in [0.717, 1.165) is 18.7 Å². The van der Waals surface area contributed by atoms with Crippen molar-refractivity contribution in [2.24, 2.45) is 0 Å². The zero-order valence-corrected chi connectivity index (χ0v) is 14.5. The first kappa shape index (κ1) is 22.2. The number of rotatable bonds is 15. The summed E-state index contributed by atoms with van der Waals surface area (Å²) in [6.45, 7) is 3.08. The number of unbranched alkanes of at least 4 members (excludes halogenated alkanes) is 11. The van der Waals surface area contributed by atoms with Gasteiger partial charge in [0.25, 0.3) is 0 Å². The van der Waals surface area contributed by atoms with Crippen LogP contribution in [0.5, 0.6) is 0 Å². The van der Waals surface area contributed by atoms with E-state index < -0.39 is 0 Å². The first-order chi connectivity index (χ1) is 10.9. The largest absolute Gasteiger partial charge is 0.276 e. The van der Waals surface area contributed by atoms with Crippen LogP contribution in [0.15, 0.2) is 30.3 Å². The number of anilines is 1. The summed E-state index contributed by atoms with van der Waals surface area (Å²) < 4.78 is 0. The van der Waals surface area contributed by atoms with E-state index in [2.05, 4.69) is 12.4 Å². The van der Waals surface area contributed by atoms with Crippen LogP contribution in [0, 0.1) is 0 Å². The fourth-order valence-corrected chi connectivity index (χ4v) is 2.66. The molecule has 0 aliphatic heterocycles. The molecular weight excluding hydrogens is 298 g/mol. The Morgan fingerprint density at radius 3 is 1.70 bits per heavy atom. The Bertz CT molecular complexity index is 332. The molecule has 0 saturated heterocycles. The van der Waals surface area contributed by atoms with E-state index in [1.165, 1.54) is 70.6 Å². The topological polar surface area (TPSA) is 21.3 Å². The van der Waals surface area contributed by atoms with Gasteiger partial charge >= 0.3 is 0 Å². The Morgan fingerprint density at radius 1 is 0.696 bits per heavy atom. The highest BCUT2D eigenvalue weighted by molar-refractivity contribution is 5.75. The van der Waals surface area contributed by atoms with E-state index in [9.17, 15) is 0 Å². The maximum Gasteiger partial charge on any atom is 0.0746 e. The Labute approximate surface area is 148 Å². The summed E-state index contributed by atoms with van der Waals surface area (Å²) >= 11 is 0. The second kappa shape index (κ2) is 17.5. The SMILES string of the molecule is CCCCCCCCCCCCCCONc1ccccc1.[SiH4]. The summed E-state index contributed by atoms with van der Waals surface area (Å²) in [5.74, 6) is 0. The Kier molecular flexibility index (Phi) is 16.9. The van der Waals surface area contributed by atoms with E-state index in [1.807, 2.05) is 30.3 Å².